The molecule has 1 aromatic carbocycles. The van der Waals surface area contributed by atoms with Gasteiger partial charge in [0.05, 0.1) is 17.9 Å². The molecule has 0 saturated carbocycles. The molecular formula is C19H25NO4. The molecule has 0 aliphatic carbocycles. The van der Waals surface area contributed by atoms with E-state index >= 15 is 0 Å². The minimum absolute atomic E-state index is 0.141. The number of hydrogen-bond acceptors (Lipinski definition) is 3. The van der Waals surface area contributed by atoms with Crippen molar-refractivity contribution in [3.05, 3.63) is 35.9 Å². The molecular weight excluding hydrogens is 306 g/mol. The third-order valence-electron chi connectivity index (χ3n) is 5.44. The van der Waals surface area contributed by atoms with Crippen LogP contribution in [0.3, 0.4) is 0 Å². The van der Waals surface area contributed by atoms with Gasteiger partial charge in [-0.15, -0.1) is 0 Å². The summed E-state index contributed by atoms with van der Waals surface area (Å²) in [6, 6.07) is 9.83. The summed E-state index contributed by atoms with van der Waals surface area (Å²) in [6.07, 6.45) is 2.06. The van der Waals surface area contributed by atoms with Crippen molar-refractivity contribution in [3.8, 4) is 0 Å². The lowest BCUT2D eigenvalue weighted by molar-refractivity contribution is -0.146. The maximum atomic E-state index is 12.7. The van der Waals surface area contributed by atoms with Gasteiger partial charge in [0, 0.05) is 19.7 Å². The van der Waals surface area contributed by atoms with Crippen LogP contribution in [0.4, 0.5) is 0 Å². The first kappa shape index (κ1) is 17.0. The van der Waals surface area contributed by atoms with Crippen molar-refractivity contribution in [3.63, 3.8) is 0 Å². The molecule has 2 heterocycles. The van der Waals surface area contributed by atoms with Gasteiger partial charge in [-0.2, -0.15) is 0 Å². The highest BCUT2D eigenvalue weighted by Crippen LogP contribution is 2.34. The van der Waals surface area contributed by atoms with Crippen LogP contribution in [0.5, 0.6) is 0 Å². The molecule has 5 heteroatoms. The second kappa shape index (κ2) is 7.34. The first-order chi connectivity index (χ1) is 11.6. The number of piperidine rings is 1. The molecule has 0 aromatic heterocycles. The first-order valence-electron chi connectivity index (χ1n) is 8.76. The number of carbonyl (C=O) groups excluding carboxylic acids is 1. The number of aliphatic carboxylic acids is 1. The number of hydrogen-bond donors (Lipinski definition) is 1. The smallest absolute Gasteiger partial charge is 0.309 e. The van der Waals surface area contributed by atoms with Gasteiger partial charge in [0.25, 0.3) is 0 Å². The predicted octanol–water partition coefficient (Wildman–Crippen LogP) is 2.52. The summed E-state index contributed by atoms with van der Waals surface area (Å²) in [4.78, 5) is 25.9. The number of nitrogens with zero attached hydrogens (tertiary/aromatic N) is 1. The van der Waals surface area contributed by atoms with E-state index in [1.807, 2.05) is 42.2 Å². The zero-order valence-electron chi connectivity index (χ0n) is 14.1. The maximum absolute atomic E-state index is 12.7. The van der Waals surface area contributed by atoms with Crippen molar-refractivity contribution in [1.82, 2.24) is 4.90 Å². The van der Waals surface area contributed by atoms with E-state index in [1.54, 1.807) is 0 Å². The monoisotopic (exact) mass is 331 g/mol. The average Bonchev–Trinajstić information content (AvgIpc) is 3.11. The summed E-state index contributed by atoms with van der Waals surface area (Å²) in [7, 11) is 0. The van der Waals surface area contributed by atoms with Crippen LogP contribution in [0.2, 0.25) is 0 Å². The quantitative estimate of drug-likeness (QED) is 0.920. The number of amides is 1. The lowest BCUT2D eigenvalue weighted by Crippen LogP contribution is -2.44. The Bertz CT molecular complexity index is 580. The maximum Gasteiger partial charge on any atom is 0.309 e. The van der Waals surface area contributed by atoms with E-state index in [0.717, 1.165) is 18.4 Å². The molecule has 3 atom stereocenters. The number of carboxylic acids is 1. The fraction of sp³-hybridized carbons (Fsp3) is 0.579. The number of benzene rings is 1. The second-order valence-electron chi connectivity index (χ2n) is 6.86. The SMILES string of the molecule is C[C@H](C(=O)N1CCC([C@@H]2OCCC2C(=O)O)CC1)c1ccccc1. The lowest BCUT2D eigenvalue weighted by Gasteiger charge is -2.36. The van der Waals surface area contributed by atoms with Crippen molar-refractivity contribution in [2.24, 2.45) is 11.8 Å². The third-order valence-corrected chi connectivity index (χ3v) is 5.44. The summed E-state index contributed by atoms with van der Waals surface area (Å²) in [5.74, 6) is -0.891. The van der Waals surface area contributed by atoms with Gasteiger partial charge in [-0.3, -0.25) is 9.59 Å². The molecule has 130 valence electrons. The van der Waals surface area contributed by atoms with E-state index in [2.05, 4.69) is 0 Å². The van der Waals surface area contributed by atoms with Crippen LogP contribution in [-0.4, -0.2) is 47.7 Å². The minimum atomic E-state index is -0.756. The molecule has 0 radical (unpaired) electrons. The van der Waals surface area contributed by atoms with Crippen molar-refractivity contribution in [2.75, 3.05) is 19.7 Å². The molecule has 1 unspecified atom stereocenters. The van der Waals surface area contributed by atoms with Gasteiger partial charge >= 0.3 is 5.97 Å². The van der Waals surface area contributed by atoms with Gasteiger partial charge in [0.1, 0.15) is 0 Å². The molecule has 24 heavy (non-hydrogen) atoms. The summed E-state index contributed by atoms with van der Waals surface area (Å²) in [6.45, 7) is 3.86. The second-order valence-corrected chi connectivity index (χ2v) is 6.86. The Labute approximate surface area is 142 Å². The average molecular weight is 331 g/mol. The molecule has 0 bridgehead atoms. The molecule has 5 nitrogen and oxygen atoms in total. The Hall–Kier alpha value is -1.88. The van der Waals surface area contributed by atoms with Crippen molar-refractivity contribution >= 4 is 11.9 Å². The van der Waals surface area contributed by atoms with Crippen LogP contribution in [0.1, 0.15) is 37.7 Å². The van der Waals surface area contributed by atoms with Gasteiger partial charge in [-0.05, 0) is 37.7 Å². The Morgan fingerprint density at radius 1 is 1.17 bits per heavy atom. The molecule has 2 saturated heterocycles. The van der Waals surface area contributed by atoms with E-state index < -0.39 is 5.97 Å². The Balaban J connectivity index is 1.57. The van der Waals surface area contributed by atoms with Crippen LogP contribution in [-0.2, 0) is 14.3 Å². The van der Waals surface area contributed by atoms with E-state index in [1.165, 1.54) is 0 Å². The van der Waals surface area contributed by atoms with E-state index in [0.29, 0.717) is 26.1 Å². The van der Waals surface area contributed by atoms with Crippen LogP contribution in [0, 0.1) is 11.8 Å². The third kappa shape index (κ3) is 3.46. The van der Waals surface area contributed by atoms with E-state index in [4.69, 9.17) is 4.74 Å². The Morgan fingerprint density at radius 3 is 2.46 bits per heavy atom. The highest BCUT2D eigenvalue weighted by Gasteiger charge is 2.41. The number of carboxylic acid groups (broad SMARTS) is 1. The topological polar surface area (TPSA) is 66.8 Å². The van der Waals surface area contributed by atoms with Crippen molar-refractivity contribution in [2.45, 2.75) is 38.2 Å². The zero-order chi connectivity index (χ0) is 17.1. The summed E-state index contributed by atoms with van der Waals surface area (Å²) < 4.78 is 5.69. The largest absolute Gasteiger partial charge is 0.481 e. The van der Waals surface area contributed by atoms with Gasteiger partial charge < -0.3 is 14.7 Å². The summed E-state index contributed by atoms with van der Waals surface area (Å²) in [5.41, 5.74) is 1.04. The predicted molar refractivity (Wildman–Crippen MR) is 89.6 cm³/mol. The number of rotatable bonds is 4. The highest BCUT2D eigenvalue weighted by atomic mass is 16.5. The van der Waals surface area contributed by atoms with Crippen molar-refractivity contribution < 1.29 is 19.4 Å². The minimum Gasteiger partial charge on any atom is -0.481 e. The van der Waals surface area contributed by atoms with Crippen LogP contribution in [0.15, 0.2) is 30.3 Å². The van der Waals surface area contributed by atoms with Gasteiger partial charge in [-0.25, -0.2) is 0 Å². The number of ether oxygens (including phenoxy) is 1. The molecule has 3 rings (SSSR count). The fourth-order valence-corrected chi connectivity index (χ4v) is 3.95. The van der Waals surface area contributed by atoms with Gasteiger partial charge in [0.2, 0.25) is 5.91 Å². The molecule has 1 amide bonds. The van der Waals surface area contributed by atoms with Crippen molar-refractivity contribution in [1.29, 1.82) is 0 Å². The molecule has 1 N–H and O–H groups in total. The van der Waals surface area contributed by atoms with Crippen LogP contribution in [0.25, 0.3) is 0 Å². The number of carbonyl (C=O) groups is 2. The van der Waals surface area contributed by atoms with Gasteiger partial charge in [-0.1, -0.05) is 30.3 Å². The zero-order valence-corrected chi connectivity index (χ0v) is 14.1. The molecule has 2 fully saturated rings. The van der Waals surface area contributed by atoms with E-state index in [-0.39, 0.29) is 29.8 Å². The summed E-state index contributed by atoms with van der Waals surface area (Å²) >= 11 is 0. The molecule has 2 aliphatic heterocycles. The normalized spacial score (nSPS) is 26.3. The number of likely N-dealkylation sites (tertiary alicyclic amines) is 1. The first-order valence-corrected chi connectivity index (χ1v) is 8.76. The lowest BCUT2D eigenvalue weighted by atomic mass is 9.84. The Morgan fingerprint density at radius 2 is 1.83 bits per heavy atom. The molecule has 2 aliphatic rings. The van der Waals surface area contributed by atoms with E-state index in [9.17, 15) is 14.7 Å². The standard InChI is InChI=1S/C19H25NO4/c1-13(14-5-3-2-4-6-14)18(21)20-10-7-15(8-11-20)17-16(19(22)23)9-12-24-17/h2-6,13,15-17H,7-12H2,1H3,(H,22,23)/t13-,16?,17-/m0/s1. The fourth-order valence-electron chi connectivity index (χ4n) is 3.95. The molecule has 1 aromatic rings. The van der Waals surface area contributed by atoms with Gasteiger partial charge in [0.15, 0.2) is 0 Å². The van der Waals surface area contributed by atoms with Crippen LogP contribution < -0.4 is 0 Å². The summed E-state index contributed by atoms with van der Waals surface area (Å²) in [5, 5.41) is 9.31. The Kier molecular flexibility index (Phi) is 5.19. The highest BCUT2D eigenvalue weighted by molar-refractivity contribution is 5.83. The van der Waals surface area contributed by atoms with Crippen LogP contribution >= 0.6 is 0 Å². The molecule has 0 spiro atoms.